The highest BCUT2D eigenvalue weighted by Gasteiger charge is 2.05. The second kappa shape index (κ2) is 9.10. The molecule has 0 amide bonds. The Kier molecular flexibility index (Phi) is 6.34. The lowest BCUT2D eigenvalue weighted by molar-refractivity contribution is 0.284. The average molecular weight is 381 g/mol. The molecule has 0 unspecified atom stereocenters. The standard InChI is InChI=1S/C22H21ClN2O2/c1-16-8-10-19(13-20(16)23)25-24-14-18-9-11-21(22(12-18)26-2)27-15-17-6-4-3-5-7-17/h3-14,25H,15H2,1-2H3/b24-14-. The van der Waals surface area contributed by atoms with Gasteiger partial charge in [0.15, 0.2) is 11.5 Å². The number of aryl methyl sites for hydroxylation is 1. The molecule has 27 heavy (non-hydrogen) atoms. The van der Waals surface area contributed by atoms with Crippen LogP contribution in [0.3, 0.4) is 0 Å². The Balaban J connectivity index is 1.65. The lowest BCUT2D eigenvalue weighted by atomic mass is 10.2. The molecule has 1 N–H and O–H groups in total. The zero-order chi connectivity index (χ0) is 19.1. The van der Waals surface area contributed by atoms with Gasteiger partial charge in [-0.15, -0.1) is 0 Å². The molecule has 3 rings (SSSR count). The van der Waals surface area contributed by atoms with Crippen molar-refractivity contribution in [1.29, 1.82) is 0 Å². The second-order valence-corrected chi connectivity index (χ2v) is 6.43. The summed E-state index contributed by atoms with van der Waals surface area (Å²) in [6, 6.07) is 21.4. The molecule has 0 bridgehead atoms. The Morgan fingerprint density at radius 2 is 1.81 bits per heavy atom. The van der Waals surface area contributed by atoms with Gasteiger partial charge in [-0.1, -0.05) is 48.0 Å². The molecule has 0 radical (unpaired) electrons. The minimum Gasteiger partial charge on any atom is -0.493 e. The minimum atomic E-state index is 0.486. The van der Waals surface area contributed by atoms with Crippen LogP contribution in [0.5, 0.6) is 11.5 Å². The highest BCUT2D eigenvalue weighted by atomic mass is 35.5. The number of ether oxygens (including phenoxy) is 2. The molecule has 4 nitrogen and oxygen atoms in total. The maximum atomic E-state index is 6.12. The molecule has 0 heterocycles. The fourth-order valence-corrected chi connectivity index (χ4v) is 2.64. The topological polar surface area (TPSA) is 42.8 Å². The van der Waals surface area contributed by atoms with Crippen molar-refractivity contribution in [2.75, 3.05) is 12.5 Å². The molecular formula is C22H21ClN2O2. The van der Waals surface area contributed by atoms with Crippen LogP contribution in [0.1, 0.15) is 16.7 Å². The Hall–Kier alpha value is -2.98. The molecule has 0 aromatic heterocycles. The van der Waals surface area contributed by atoms with Crippen molar-refractivity contribution in [3.8, 4) is 11.5 Å². The number of hydrogen-bond donors (Lipinski definition) is 1. The van der Waals surface area contributed by atoms with Crippen LogP contribution in [0.15, 0.2) is 71.8 Å². The molecule has 0 spiro atoms. The molecule has 0 atom stereocenters. The van der Waals surface area contributed by atoms with Crippen molar-refractivity contribution in [3.63, 3.8) is 0 Å². The molecule has 0 saturated carbocycles. The smallest absolute Gasteiger partial charge is 0.161 e. The van der Waals surface area contributed by atoms with Gasteiger partial charge in [0.05, 0.1) is 19.0 Å². The Morgan fingerprint density at radius 1 is 1.00 bits per heavy atom. The first kappa shape index (κ1) is 18.8. The molecule has 138 valence electrons. The summed E-state index contributed by atoms with van der Waals surface area (Å²) >= 11 is 6.12. The first-order chi connectivity index (χ1) is 13.2. The van der Waals surface area contributed by atoms with E-state index in [9.17, 15) is 0 Å². The molecule has 3 aromatic carbocycles. The van der Waals surface area contributed by atoms with Gasteiger partial charge in [-0.05, 0) is 53.9 Å². The van der Waals surface area contributed by atoms with E-state index in [1.54, 1.807) is 13.3 Å². The predicted molar refractivity (Wildman–Crippen MR) is 111 cm³/mol. The Morgan fingerprint density at radius 3 is 2.56 bits per heavy atom. The third kappa shape index (κ3) is 5.25. The van der Waals surface area contributed by atoms with Crippen LogP contribution < -0.4 is 14.9 Å². The first-order valence-corrected chi connectivity index (χ1v) is 8.93. The van der Waals surface area contributed by atoms with Gasteiger partial charge in [-0.3, -0.25) is 5.43 Å². The monoisotopic (exact) mass is 380 g/mol. The summed E-state index contributed by atoms with van der Waals surface area (Å²) < 4.78 is 11.3. The van der Waals surface area contributed by atoms with Crippen molar-refractivity contribution in [2.45, 2.75) is 13.5 Å². The molecular weight excluding hydrogens is 360 g/mol. The third-order valence-corrected chi connectivity index (χ3v) is 4.41. The molecule has 0 aliphatic carbocycles. The van der Waals surface area contributed by atoms with Gasteiger partial charge in [0.1, 0.15) is 6.61 Å². The second-order valence-electron chi connectivity index (χ2n) is 6.02. The molecule has 0 saturated heterocycles. The van der Waals surface area contributed by atoms with Gasteiger partial charge in [0.25, 0.3) is 0 Å². The number of hydrogen-bond acceptors (Lipinski definition) is 4. The summed E-state index contributed by atoms with van der Waals surface area (Å²) in [5.74, 6) is 1.35. The number of halogens is 1. The number of rotatable bonds is 7. The highest BCUT2D eigenvalue weighted by molar-refractivity contribution is 6.31. The van der Waals surface area contributed by atoms with Crippen molar-refractivity contribution >= 4 is 23.5 Å². The van der Waals surface area contributed by atoms with Gasteiger partial charge in [-0.2, -0.15) is 5.10 Å². The number of methoxy groups -OCH3 is 1. The van der Waals surface area contributed by atoms with E-state index in [4.69, 9.17) is 21.1 Å². The van der Waals surface area contributed by atoms with E-state index in [-0.39, 0.29) is 0 Å². The quantitative estimate of drug-likeness (QED) is 0.423. The maximum absolute atomic E-state index is 6.12. The van der Waals surface area contributed by atoms with E-state index in [0.29, 0.717) is 23.1 Å². The first-order valence-electron chi connectivity index (χ1n) is 8.55. The van der Waals surface area contributed by atoms with Crippen LogP contribution in [-0.4, -0.2) is 13.3 Å². The number of hydrazone groups is 1. The summed E-state index contributed by atoms with van der Waals surface area (Å²) in [5, 5.41) is 4.96. The summed E-state index contributed by atoms with van der Waals surface area (Å²) in [7, 11) is 1.62. The maximum Gasteiger partial charge on any atom is 0.161 e. The summed E-state index contributed by atoms with van der Waals surface area (Å²) in [6.07, 6.45) is 1.72. The van der Waals surface area contributed by atoms with Crippen molar-refractivity contribution < 1.29 is 9.47 Å². The van der Waals surface area contributed by atoms with Gasteiger partial charge < -0.3 is 9.47 Å². The van der Waals surface area contributed by atoms with E-state index in [2.05, 4.69) is 10.5 Å². The summed E-state index contributed by atoms with van der Waals surface area (Å²) in [6.45, 7) is 2.45. The van der Waals surface area contributed by atoms with Crippen LogP contribution in [0.25, 0.3) is 0 Å². The predicted octanol–water partition coefficient (Wildman–Crippen LogP) is 5.68. The van der Waals surface area contributed by atoms with Crippen molar-refractivity contribution in [3.05, 3.63) is 88.4 Å². The van der Waals surface area contributed by atoms with Crippen LogP contribution in [0.2, 0.25) is 5.02 Å². The van der Waals surface area contributed by atoms with Crippen molar-refractivity contribution in [2.24, 2.45) is 5.10 Å². The zero-order valence-electron chi connectivity index (χ0n) is 15.3. The van der Waals surface area contributed by atoms with Gasteiger partial charge in [0, 0.05) is 5.02 Å². The van der Waals surface area contributed by atoms with Gasteiger partial charge in [-0.25, -0.2) is 0 Å². The van der Waals surface area contributed by atoms with E-state index >= 15 is 0 Å². The number of anilines is 1. The molecule has 0 fully saturated rings. The number of benzene rings is 3. The third-order valence-electron chi connectivity index (χ3n) is 4.00. The lowest BCUT2D eigenvalue weighted by Gasteiger charge is -2.11. The Bertz CT molecular complexity index is 927. The summed E-state index contributed by atoms with van der Waals surface area (Å²) in [5.41, 5.74) is 6.83. The van der Waals surface area contributed by atoms with Crippen molar-refractivity contribution in [1.82, 2.24) is 0 Å². The van der Waals surface area contributed by atoms with Crippen LogP contribution in [0.4, 0.5) is 5.69 Å². The molecule has 3 aromatic rings. The van der Waals surface area contributed by atoms with Gasteiger partial charge in [0.2, 0.25) is 0 Å². The highest BCUT2D eigenvalue weighted by Crippen LogP contribution is 2.28. The fourth-order valence-electron chi connectivity index (χ4n) is 2.46. The van der Waals surface area contributed by atoms with Crippen LogP contribution in [0, 0.1) is 6.92 Å². The number of nitrogens with one attached hydrogen (secondary N) is 1. The number of nitrogens with zero attached hydrogens (tertiary/aromatic N) is 1. The van der Waals surface area contributed by atoms with Gasteiger partial charge >= 0.3 is 0 Å². The zero-order valence-corrected chi connectivity index (χ0v) is 16.0. The molecule has 5 heteroatoms. The van der Waals surface area contributed by atoms with Crippen LogP contribution >= 0.6 is 11.6 Å². The largest absolute Gasteiger partial charge is 0.493 e. The van der Waals surface area contributed by atoms with E-state index in [0.717, 1.165) is 22.4 Å². The van der Waals surface area contributed by atoms with E-state index < -0.39 is 0 Å². The SMILES string of the molecule is COc1cc(/C=N\Nc2ccc(C)c(Cl)c2)ccc1OCc1ccccc1. The molecule has 0 aliphatic rings. The Labute approximate surface area is 164 Å². The minimum absolute atomic E-state index is 0.486. The summed E-state index contributed by atoms with van der Waals surface area (Å²) in [4.78, 5) is 0. The van der Waals surface area contributed by atoms with E-state index in [1.807, 2.05) is 73.7 Å². The van der Waals surface area contributed by atoms with E-state index in [1.165, 1.54) is 0 Å². The molecule has 0 aliphatic heterocycles. The fraction of sp³-hybridized carbons (Fsp3) is 0.136. The normalized spacial score (nSPS) is 10.8. The lowest BCUT2D eigenvalue weighted by Crippen LogP contribution is -1.98. The average Bonchev–Trinajstić information content (AvgIpc) is 2.70. The van der Waals surface area contributed by atoms with Crippen LogP contribution in [-0.2, 0) is 6.61 Å².